The predicted octanol–water partition coefficient (Wildman–Crippen LogP) is 20.6. The third-order valence-corrected chi connectivity index (χ3v) is 15.7. The van der Waals surface area contributed by atoms with Gasteiger partial charge in [-0.15, -0.1) is 0 Å². The smallest absolute Gasteiger partial charge is 0.305 e. The van der Waals surface area contributed by atoms with Crippen LogP contribution in [-0.2, 0) is 14.3 Å². The van der Waals surface area contributed by atoms with E-state index >= 15 is 0 Å². The molecule has 0 aromatic rings. The number of hydrogen-bond donors (Lipinski definition) is 3. The molecule has 0 fully saturated rings. The van der Waals surface area contributed by atoms with Crippen LogP contribution in [0.5, 0.6) is 0 Å². The summed E-state index contributed by atoms with van der Waals surface area (Å²) in [6.07, 6.45) is 72.8. The van der Waals surface area contributed by atoms with Crippen molar-refractivity contribution in [2.75, 3.05) is 13.2 Å². The number of aliphatic hydroxyl groups is 2. The predicted molar refractivity (Wildman–Crippen MR) is 310 cm³/mol. The first-order valence-corrected chi connectivity index (χ1v) is 32.8. The minimum absolute atomic E-state index is 0.0220. The number of rotatable bonds is 62. The number of aliphatic hydroxyl groups excluding tert-OH is 2. The van der Waals surface area contributed by atoms with Gasteiger partial charge in [0.25, 0.3) is 0 Å². The molecule has 0 saturated carbocycles. The van der Waals surface area contributed by atoms with Crippen molar-refractivity contribution in [3.8, 4) is 0 Å². The van der Waals surface area contributed by atoms with E-state index in [-0.39, 0.29) is 18.5 Å². The molecule has 0 rings (SSSR count). The molecule has 0 aliphatic rings. The molecule has 0 aromatic heterocycles. The van der Waals surface area contributed by atoms with Gasteiger partial charge in [0.15, 0.2) is 0 Å². The van der Waals surface area contributed by atoms with Crippen LogP contribution in [0.1, 0.15) is 380 Å². The van der Waals surface area contributed by atoms with Crippen LogP contribution in [0.2, 0.25) is 0 Å². The van der Waals surface area contributed by atoms with Crippen molar-refractivity contribution in [3.05, 3.63) is 0 Å². The Balaban J connectivity index is 3.30. The summed E-state index contributed by atoms with van der Waals surface area (Å²) in [6, 6.07) is -0.536. The second-order valence-electron chi connectivity index (χ2n) is 22.8. The van der Waals surface area contributed by atoms with Crippen LogP contribution in [0, 0.1) is 0 Å². The monoisotopic (exact) mass is 1000 g/mol. The standard InChI is InChI=1S/C65H129NO5/c1-3-5-7-9-11-13-15-17-35-39-43-47-51-55-59-65(70)71-60-56-52-48-44-40-36-33-31-29-27-25-23-21-19-18-20-22-24-26-28-30-32-34-38-42-46-50-54-58-64(69)66-62(61-67)63(68)57-53-49-45-41-37-16-14-12-10-8-6-4-2/h62-63,67-68H,3-61H2,1-2H3,(H,66,69). The lowest BCUT2D eigenvalue weighted by molar-refractivity contribution is -0.143. The van der Waals surface area contributed by atoms with Crippen LogP contribution in [-0.4, -0.2) is 47.4 Å². The summed E-state index contributed by atoms with van der Waals surface area (Å²) >= 11 is 0. The number of esters is 1. The molecule has 0 radical (unpaired) electrons. The van der Waals surface area contributed by atoms with Gasteiger partial charge in [-0.1, -0.05) is 341 Å². The summed E-state index contributed by atoms with van der Waals surface area (Å²) in [5, 5.41) is 23.2. The zero-order chi connectivity index (χ0) is 51.4. The van der Waals surface area contributed by atoms with Gasteiger partial charge in [0.1, 0.15) is 0 Å². The zero-order valence-corrected chi connectivity index (χ0v) is 48.5. The second-order valence-corrected chi connectivity index (χ2v) is 22.8. The van der Waals surface area contributed by atoms with Crippen molar-refractivity contribution in [1.82, 2.24) is 5.32 Å². The van der Waals surface area contributed by atoms with E-state index < -0.39 is 12.1 Å². The van der Waals surface area contributed by atoms with Crippen LogP contribution in [0.15, 0.2) is 0 Å². The number of nitrogens with one attached hydrogen (secondary N) is 1. The fraction of sp³-hybridized carbons (Fsp3) is 0.969. The molecule has 0 aromatic carbocycles. The van der Waals surface area contributed by atoms with Gasteiger partial charge in [-0.25, -0.2) is 0 Å². The minimum atomic E-state index is -0.659. The first kappa shape index (κ1) is 69.9. The lowest BCUT2D eigenvalue weighted by atomic mass is 10.0. The molecule has 0 saturated heterocycles. The Bertz CT molecular complexity index is 1020. The Morgan fingerprint density at radius 2 is 0.577 bits per heavy atom. The molecule has 0 bridgehead atoms. The summed E-state index contributed by atoms with van der Waals surface area (Å²) < 4.78 is 5.49. The zero-order valence-electron chi connectivity index (χ0n) is 48.5. The molecule has 0 heterocycles. The van der Waals surface area contributed by atoms with Crippen molar-refractivity contribution in [1.29, 1.82) is 0 Å². The lowest BCUT2D eigenvalue weighted by Gasteiger charge is -2.22. The maximum absolute atomic E-state index is 12.5. The highest BCUT2D eigenvalue weighted by atomic mass is 16.5. The van der Waals surface area contributed by atoms with E-state index in [1.165, 1.54) is 308 Å². The molecule has 71 heavy (non-hydrogen) atoms. The molecule has 0 aliphatic carbocycles. The molecule has 6 nitrogen and oxygen atoms in total. The van der Waals surface area contributed by atoms with Gasteiger partial charge in [-0.05, 0) is 25.7 Å². The molecule has 6 heteroatoms. The number of amides is 1. The van der Waals surface area contributed by atoms with E-state index in [0.29, 0.717) is 25.9 Å². The minimum Gasteiger partial charge on any atom is -0.466 e. The average Bonchev–Trinajstić information content (AvgIpc) is 3.37. The molecule has 0 spiro atoms. The molecule has 2 unspecified atom stereocenters. The van der Waals surface area contributed by atoms with Gasteiger partial charge in [-0.3, -0.25) is 9.59 Å². The topological polar surface area (TPSA) is 95.9 Å². The summed E-state index contributed by atoms with van der Waals surface area (Å²) in [5.74, 6) is -0.00786. The third kappa shape index (κ3) is 58.0. The summed E-state index contributed by atoms with van der Waals surface area (Å²) in [5.41, 5.74) is 0. The fourth-order valence-corrected chi connectivity index (χ4v) is 10.6. The molecule has 424 valence electrons. The van der Waals surface area contributed by atoms with Crippen molar-refractivity contribution >= 4 is 11.9 Å². The Morgan fingerprint density at radius 1 is 0.338 bits per heavy atom. The van der Waals surface area contributed by atoms with Crippen LogP contribution < -0.4 is 5.32 Å². The number of hydrogen-bond acceptors (Lipinski definition) is 5. The highest BCUT2D eigenvalue weighted by Gasteiger charge is 2.20. The average molecular weight is 1000 g/mol. The van der Waals surface area contributed by atoms with Gasteiger partial charge in [0.2, 0.25) is 5.91 Å². The number of carbonyl (C=O) groups is 2. The molecule has 1 amide bonds. The molecule has 3 N–H and O–H groups in total. The van der Waals surface area contributed by atoms with Gasteiger partial charge < -0.3 is 20.3 Å². The summed E-state index contributed by atoms with van der Waals surface area (Å²) in [4.78, 5) is 24.5. The van der Waals surface area contributed by atoms with E-state index in [0.717, 1.165) is 38.5 Å². The van der Waals surface area contributed by atoms with Crippen LogP contribution in [0.3, 0.4) is 0 Å². The number of carbonyl (C=O) groups excluding carboxylic acids is 2. The quantitative estimate of drug-likeness (QED) is 0.0417. The van der Waals surface area contributed by atoms with E-state index in [1.54, 1.807) is 0 Å². The van der Waals surface area contributed by atoms with Crippen LogP contribution in [0.4, 0.5) is 0 Å². The Labute approximate surface area is 445 Å². The second kappa shape index (κ2) is 61.4. The Hall–Kier alpha value is -1.14. The van der Waals surface area contributed by atoms with Crippen molar-refractivity contribution in [2.24, 2.45) is 0 Å². The van der Waals surface area contributed by atoms with Crippen molar-refractivity contribution in [3.63, 3.8) is 0 Å². The van der Waals surface area contributed by atoms with Gasteiger partial charge in [0.05, 0.1) is 25.4 Å². The van der Waals surface area contributed by atoms with Gasteiger partial charge in [-0.2, -0.15) is 0 Å². The van der Waals surface area contributed by atoms with Crippen molar-refractivity contribution in [2.45, 2.75) is 392 Å². The van der Waals surface area contributed by atoms with Gasteiger partial charge in [0, 0.05) is 12.8 Å². The van der Waals surface area contributed by atoms with Gasteiger partial charge >= 0.3 is 5.97 Å². The highest BCUT2D eigenvalue weighted by molar-refractivity contribution is 5.76. The van der Waals surface area contributed by atoms with E-state index in [9.17, 15) is 19.8 Å². The Kier molecular flexibility index (Phi) is 60.4. The molecular weight excluding hydrogens is 875 g/mol. The summed E-state index contributed by atoms with van der Waals surface area (Å²) in [6.45, 7) is 4.98. The SMILES string of the molecule is CCCCCCCCCCCCCCCCC(=O)OCCCCCCCCCCCCCCCCCCCCCCCCCCCCCCC(=O)NC(CO)C(O)CCCCCCCCCCCCCC. The van der Waals surface area contributed by atoms with Crippen LogP contribution in [0.25, 0.3) is 0 Å². The largest absolute Gasteiger partial charge is 0.466 e. The van der Waals surface area contributed by atoms with E-state index in [2.05, 4.69) is 19.2 Å². The van der Waals surface area contributed by atoms with E-state index in [4.69, 9.17) is 4.74 Å². The molecule has 2 atom stereocenters. The highest BCUT2D eigenvalue weighted by Crippen LogP contribution is 2.19. The first-order valence-electron chi connectivity index (χ1n) is 32.8. The van der Waals surface area contributed by atoms with E-state index in [1.807, 2.05) is 0 Å². The summed E-state index contributed by atoms with van der Waals surface area (Å²) in [7, 11) is 0. The normalized spacial score (nSPS) is 12.5. The van der Waals surface area contributed by atoms with Crippen molar-refractivity contribution < 1.29 is 24.5 Å². The van der Waals surface area contributed by atoms with Crippen LogP contribution >= 0.6 is 0 Å². The lowest BCUT2D eigenvalue weighted by Crippen LogP contribution is -2.45. The third-order valence-electron chi connectivity index (χ3n) is 15.7. The first-order chi connectivity index (χ1) is 35.0. The number of unbranched alkanes of at least 4 members (excludes halogenated alkanes) is 51. The fourth-order valence-electron chi connectivity index (χ4n) is 10.6. The maximum Gasteiger partial charge on any atom is 0.305 e. The number of ether oxygens (including phenoxy) is 1. The molecular formula is C65H129NO5. The maximum atomic E-state index is 12.5. The Morgan fingerprint density at radius 3 is 0.859 bits per heavy atom. The molecule has 0 aliphatic heterocycles.